The van der Waals surface area contributed by atoms with Crippen LogP contribution in [0.4, 0.5) is 0 Å². The molecular formula is C25H24ClN3O. The third kappa shape index (κ3) is 4.10. The van der Waals surface area contributed by atoms with Crippen LogP contribution in [0.3, 0.4) is 0 Å². The van der Waals surface area contributed by atoms with E-state index < -0.39 is 6.04 Å². The average molecular weight is 418 g/mol. The number of aromatic nitrogens is 2. The highest BCUT2D eigenvalue weighted by Crippen LogP contribution is 2.32. The van der Waals surface area contributed by atoms with Crippen LogP contribution in [-0.4, -0.2) is 15.7 Å². The van der Waals surface area contributed by atoms with Crippen molar-refractivity contribution in [3.05, 3.63) is 88.9 Å². The summed E-state index contributed by atoms with van der Waals surface area (Å²) in [6, 6.07) is 23.4. The SMILES string of the molecule is CC[C@@H](C(=O)NCc1ccc(C)cc1)n1nc(-c2ccccc2)c2cc(Cl)ccc21. The molecule has 0 aliphatic heterocycles. The van der Waals surface area contributed by atoms with Crippen molar-refractivity contribution in [3.63, 3.8) is 0 Å². The maximum atomic E-state index is 13.1. The second-order valence-electron chi connectivity index (χ2n) is 7.45. The smallest absolute Gasteiger partial charge is 0.245 e. The summed E-state index contributed by atoms with van der Waals surface area (Å²) in [5.41, 5.74) is 5.00. The van der Waals surface area contributed by atoms with E-state index in [0.717, 1.165) is 27.7 Å². The zero-order valence-electron chi connectivity index (χ0n) is 17.1. The van der Waals surface area contributed by atoms with Crippen LogP contribution in [-0.2, 0) is 11.3 Å². The number of rotatable bonds is 6. The van der Waals surface area contributed by atoms with E-state index in [0.29, 0.717) is 18.0 Å². The summed E-state index contributed by atoms with van der Waals surface area (Å²) in [5, 5.41) is 9.52. The summed E-state index contributed by atoms with van der Waals surface area (Å²) < 4.78 is 1.83. The lowest BCUT2D eigenvalue weighted by Crippen LogP contribution is -2.32. The van der Waals surface area contributed by atoms with E-state index in [1.54, 1.807) is 0 Å². The summed E-state index contributed by atoms with van der Waals surface area (Å²) in [6.07, 6.45) is 0.632. The number of benzene rings is 3. The standard InChI is InChI=1S/C25H24ClN3O/c1-3-22(25(30)27-16-18-11-9-17(2)10-12-18)29-23-14-13-20(26)15-21(23)24(28-29)19-7-5-4-6-8-19/h4-15,22H,3,16H2,1-2H3,(H,27,30)/t22-/m0/s1. The molecule has 0 saturated heterocycles. The van der Waals surface area contributed by atoms with Crippen molar-refractivity contribution in [3.8, 4) is 11.3 Å². The second kappa shape index (κ2) is 8.72. The number of hydrogen-bond donors (Lipinski definition) is 1. The minimum atomic E-state index is -0.406. The van der Waals surface area contributed by atoms with E-state index in [1.165, 1.54) is 5.56 Å². The zero-order valence-corrected chi connectivity index (χ0v) is 17.9. The van der Waals surface area contributed by atoms with Crippen molar-refractivity contribution >= 4 is 28.4 Å². The van der Waals surface area contributed by atoms with Gasteiger partial charge in [-0.3, -0.25) is 9.48 Å². The molecule has 30 heavy (non-hydrogen) atoms. The maximum Gasteiger partial charge on any atom is 0.245 e. The van der Waals surface area contributed by atoms with Crippen LogP contribution in [0.2, 0.25) is 5.02 Å². The molecule has 152 valence electrons. The molecule has 0 bridgehead atoms. The molecule has 0 aliphatic carbocycles. The van der Waals surface area contributed by atoms with Gasteiger partial charge in [0.05, 0.1) is 5.52 Å². The van der Waals surface area contributed by atoms with Gasteiger partial charge in [-0.05, 0) is 37.1 Å². The second-order valence-corrected chi connectivity index (χ2v) is 7.88. The van der Waals surface area contributed by atoms with E-state index in [9.17, 15) is 4.79 Å². The summed E-state index contributed by atoms with van der Waals surface area (Å²) in [4.78, 5) is 13.1. The van der Waals surface area contributed by atoms with Gasteiger partial charge in [0.1, 0.15) is 11.7 Å². The van der Waals surface area contributed by atoms with Gasteiger partial charge in [0.15, 0.2) is 0 Å². The molecule has 5 heteroatoms. The topological polar surface area (TPSA) is 46.9 Å². The Morgan fingerprint density at radius 3 is 2.50 bits per heavy atom. The molecular weight excluding hydrogens is 394 g/mol. The Morgan fingerprint density at radius 2 is 1.80 bits per heavy atom. The number of nitrogens with zero attached hydrogens (tertiary/aromatic N) is 2. The summed E-state index contributed by atoms with van der Waals surface area (Å²) in [7, 11) is 0. The molecule has 4 nitrogen and oxygen atoms in total. The van der Waals surface area contributed by atoms with Crippen molar-refractivity contribution < 1.29 is 4.79 Å². The molecule has 0 radical (unpaired) electrons. The lowest BCUT2D eigenvalue weighted by Gasteiger charge is -2.17. The van der Waals surface area contributed by atoms with Crippen molar-refractivity contribution in [1.29, 1.82) is 0 Å². The van der Waals surface area contributed by atoms with E-state index >= 15 is 0 Å². The number of carbonyl (C=O) groups excluding carboxylic acids is 1. The Balaban J connectivity index is 1.68. The molecule has 4 rings (SSSR count). The van der Waals surface area contributed by atoms with Crippen LogP contribution in [0.5, 0.6) is 0 Å². The molecule has 1 atom stereocenters. The van der Waals surface area contributed by atoms with Crippen LogP contribution >= 0.6 is 11.6 Å². The van der Waals surface area contributed by atoms with Crippen LogP contribution in [0.25, 0.3) is 22.2 Å². The minimum Gasteiger partial charge on any atom is -0.350 e. The number of amides is 1. The van der Waals surface area contributed by atoms with Gasteiger partial charge in [0.2, 0.25) is 5.91 Å². The monoisotopic (exact) mass is 417 g/mol. The molecule has 4 aromatic rings. The van der Waals surface area contributed by atoms with Gasteiger partial charge in [-0.1, -0.05) is 78.7 Å². The van der Waals surface area contributed by atoms with Crippen molar-refractivity contribution in [2.24, 2.45) is 0 Å². The van der Waals surface area contributed by atoms with Gasteiger partial charge in [-0.15, -0.1) is 0 Å². The first-order valence-electron chi connectivity index (χ1n) is 10.1. The number of hydrogen-bond acceptors (Lipinski definition) is 2. The Kier molecular flexibility index (Phi) is 5.86. The first-order chi connectivity index (χ1) is 14.6. The predicted octanol–water partition coefficient (Wildman–Crippen LogP) is 5.93. The highest BCUT2D eigenvalue weighted by atomic mass is 35.5. The predicted molar refractivity (Wildman–Crippen MR) is 123 cm³/mol. The number of nitrogens with one attached hydrogen (secondary N) is 1. The van der Waals surface area contributed by atoms with Gasteiger partial charge in [0, 0.05) is 22.5 Å². The Bertz CT molecular complexity index is 1170. The van der Waals surface area contributed by atoms with Crippen LogP contribution in [0.1, 0.15) is 30.5 Å². The molecule has 1 heterocycles. The lowest BCUT2D eigenvalue weighted by molar-refractivity contribution is -0.124. The van der Waals surface area contributed by atoms with Crippen LogP contribution in [0, 0.1) is 6.92 Å². The molecule has 0 unspecified atom stereocenters. The van der Waals surface area contributed by atoms with E-state index in [-0.39, 0.29) is 5.91 Å². The molecule has 1 N–H and O–H groups in total. The van der Waals surface area contributed by atoms with E-state index in [4.69, 9.17) is 16.7 Å². The molecule has 0 fully saturated rings. The summed E-state index contributed by atoms with van der Waals surface area (Å²) >= 11 is 6.28. The third-order valence-corrected chi connectivity index (χ3v) is 5.52. The summed E-state index contributed by atoms with van der Waals surface area (Å²) in [6.45, 7) is 4.54. The fraction of sp³-hybridized carbons (Fsp3) is 0.200. The lowest BCUT2D eigenvalue weighted by atomic mass is 10.1. The molecule has 1 aromatic heterocycles. The molecule has 0 aliphatic rings. The van der Waals surface area contributed by atoms with Crippen LogP contribution in [0.15, 0.2) is 72.8 Å². The van der Waals surface area contributed by atoms with Gasteiger partial charge in [-0.25, -0.2) is 0 Å². The van der Waals surface area contributed by atoms with E-state index in [1.807, 2.05) is 72.3 Å². The highest BCUT2D eigenvalue weighted by molar-refractivity contribution is 6.31. The van der Waals surface area contributed by atoms with Gasteiger partial charge >= 0.3 is 0 Å². The Morgan fingerprint density at radius 1 is 1.07 bits per heavy atom. The van der Waals surface area contributed by atoms with Crippen LogP contribution < -0.4 is 5.32 Å². The molecule has 3 aromatic carbocycles. The minimum absolute atomic E-state index is 0.0444. The maximum absolute atomic E-state index is 13.1. The fourth-order valence-corrected chi connectivity index (χ4v) is 3.81. The van der Waals surface area contributed by atoms with Crippen molar-refractivity contribution in [1.82, 2.24) is 15.1 Å². The van der Waals surface area contributed by atoms with E-state index in [2.05, 4.69) is 24.4 Å². The van der Waals surface area contributed by atoms with Gasteiger partial charge < -0.3 is 5.32 Å². The normalized spacial score (nSPS) is 12.1. The molecule has 0 spiro atoms. The Hall–Kier alpha value is -3.11. The first kappa shape index (κ1) is 20.2. The molecule has 0 saturated carbocycles. The number of fused-ring (bicyclic) bond motifs is 1. The Labute approximate surface area is 181 Å². The summed E-state index contributed by atoms with van der Waals surface area (Å²) in [5.74, 6) is -0.0444. The third-order valence-electron chi connectivity index (χ3n) is 5.29. The van der Waals surface area contributed by atoms with Gasteiger partial charge in [-0.2, -0.15) is 5.10 Å². The quantitative estimate of drug-likeness (QED) is 0.422. The average Bonchev–Trinajstić information content (AvgIpc) is 3.13. The van der Waals surface area contributed by atoms with Crippen molar-refractivity contribution in [2.45, 2.75) is 32.9 Å². The zero-order chi connectivity index (χ0) is 21.1. The van der Waals surface area contributed by atoms with Gasteiger partial charge in [0.25, 0.3) is 0 Å². The highest BCUT2D eigenvalue weighted by Gasteiger charge is 2.23. The molecule has 1 amide bonds. The number of halogens is 1. The fourth-order valence-electron chi connectivity index (χ4n) is 3.64. The number of aryl methyl sites for hydroxylation is 1. The van der Waals surface area contributed by atoms with Crippen molar-refractivity contribution in [2.75, 3.05) is 0 Å². The number of carbonyl (C=O) groups is 1. The largest absolute Gasteiger partial charge is 0.350 e. The first-order valence-corrected chi connectivity index (χ1v) is 10.5.